The Morgan fingerprint density at radius 2 is 1.96 bits per heavy atom. The Hall–Kier alpha value is -1.88. The Kier molecular flexibility index (Phi) is 4.90. The molecule has 3 rings (SSSR count). The number of rotatable bonds is 3. The SMILES string of the molecule is Cc1ccc(CN2C(=O)CCC2C(=O)N2CCC(C)C(O)C2)cc1. The molecule has 0 spiro atoms. The van der Waals surface area contributed by atoms with Crippen LogP contribution in [0.2, 0.25) is 0 Å². The molecule has 1 aromatic rings. The minimum atomic E-state index is -0.467. The Balaban J connectivity index is 1.70. The third-order valence-corrected chi connectivity index (χ3v) is 5.32. The van der Waals surface area contributed by atoms with Gasteiger partial charge in [0.1, 0.15) is 6.04 Å². The molecule has 2 heterocycles. The highest BCUT2D eigenvalue weighted by Crippen LogP contribution is 2.25. The van der Waals surface area contributed by atoms with Gasteiger partial charge in [-0.05, 0) is 31.2 Å². The van der Waals surface area contributed by atoms with E-state index in [9.17, 15) is 14.7 Å². The quantitative estimate of drug-likeness (QED) is 0.918. The van der Waals surface area contributed by atoms with E-state index in [2.05, 4.69) is 0 Å². The van der Waals surface area contributed by atoms with Crippen molar-refractivity contribution in [1.82, 2.24) is 9.80 Å². The largest absolute Gasteiger partial charge is 0.391 e. The predicted octanol–water partition coefficient (Wildman–Crippen LogP) is 1.72. The molecule has 130 valence electrons. The zero-order valence-electron chi connectivity index (χ0n) is 14.4. The van der Waals surface area contributed by atoms with Gasteiger partial charge in [-0.2, -0.15) is 0 Å². The van der Waals surface area contributed by atoms with Gasteiger partial charge in [0.2, 0.25) is 11.8 Å². The predicted molar refractivity (Wildman–Crippen MR) is 91.1 cm³/mol. The van der Waals surface area contributed by atoms with E-state index < -0.39 is 6.10 Å². The van der Waals surface area contributed by atoms with Crippen LogP contribution in [0.15, 0.2) is 24.3 Å². The number of amides is 2. The van der Waals surface area contributed by atoms with Crippen LogP contribution >= 0.6 is 0 Å². The maximum Gasteiger partial charge on any atom is 0.245 e. The van der Waals surface area contributed by atoms with Crippen molar-refractivity contribution in [2.24, 2.45) is 5.92 Å². The summed E-state index contributed by atoms with van der Waals surface area (Å²) in [5.41, 5.74) is 2.22. The van der Waals surface area contributed by atoms with Crippen molar-refractivity contribution in [1.29, 1.82) is 0 Å². The molecular formula is C19H26N2O3. The average molecular weight is 330 g/mol. The van der Waals surface area contributed by atoms with Gasteiger partial charge in [0.25, 0.3) is 0 Å². The van der Waals surface area contributed by atoms with Gasteiger partial charge in [-0.15, -0.1) is 0 Å². The van der Waals surface area contributed by atoms with E-state index in [1.807, 2.05) is 38.1 Å². The molecule has 0 aliphatic carbocycles. The van der Waals surface area contributed by atoms with E-state index >= 15 is 0 Å². The highest BCUT2D eigenvalue weighted by Gasteiger charge is 2.39. The van der Waals surface area contributed by atoms with Crippen LogP contribution in [0.5, 0.6) is 0 Å². The van der Waals surface area contributed by atoms with Crippen LogP contribution in [0.3, 0.4) is 0 Å². The third-order valence-electron chi connectivity index (χ3n) is 5.32. The molecule has 2 fully saturated rings. The number of carbonyl (C=O) groups excluding carboxylic acids is 2. The van der Waals surface area contributed by atoms with E-state index in [1.165, 1.54) is 5.56 Å². The van der Waals surface area contributed by atoms with Crippen LogP contribution in [0.25, 0.3) is 0 Å². The number of nitrogens with zero attached hydrogens (tertiary/aromatic N) is 2. The molecule has 1 N–H and O–H groups in total. The number of likely N-dealkylation sites (tertiary alicyclic amines) is 2. The average Bonchev–Trinajstić information content (AvgIpc) is 2.92. The molecule has 0 radical (unpaired) electrons. The molecular weight excluding hydrogens is 304 g/mol. The molecule has 0 aromatic heterocycles. The maximum atomic E-state index is 12.9. The number of aryl methyl sites for hydroxylation is 1. The van der Waals surface area contributed by atoms with E-state index in [-0.39, 0.29) is 23.8 Å². The van der Waals surface area contributed by atoms with E-state index in [0.29, 0.717) is 32.5 Å². The maximum absolute atomic E-state index is 12.9. The number of aliphatic hydroxyl groups excluding tert-OH is 1. The first-order valence-corrected chi connectivity index (χ1v) is 8.77. The zero-order valence-corrected chi connectivity index (χ0v) is 14.4. The normalized spacial score (nSPS) is 27.6. The summed E-state index contributed by atoms with van der Waals surface area (Å²) < 4.78 is 0. The smallest absolute Gasteiger partial charge is 0.245 e. The van der Waals surface area contributed by atoms with Gasteiger partial charge in [0.15, 0.2) is 0 Å². The minimum absolute atomic E-state index is 0.0149. The Labute approximate surface area is 143 Å². The molecule has 5 nitrogen and oxygen atoms in total. The Morgan fingerprint density at radius 3 is 2.62 bits per heavy atom. The summed E-state index contributed by atoms with van der Waals surface area (Å²) in [6.45, 7) is 5.56. The topological polar surface area (TPSA) is 60.9 Å². The van der Waals surface area contributed by atoms with Crippen LogP contribution in [-0.4, -0.2) is 52.0 Å². The molecule has 0 bridgehead atoms. The highest BCUT2D eigenvalue weighted by atomic mass is 16.3. The second kappa shape index (κ2) is 6.93. The van der Waals surface area contributed by atoms with Crippen molar-refractivity contribution < 1.29 is 14.7 Å². The molecule has 3 unspecified atom stereocenters. The molecule has 2 aliphatic heterocycles. The van der Waals surface area contributed by atoms with Crippen molar-refractivity contribution in [3.63, 3.8) is 0 Å². The van der Waals surface area contributed by atoms with Gasteiger partial charge < -0.3 is 14.9 Å². The number of benzene rings is 1. The Bertz CT molecular complexity index is 614. The number of aliphatic hydroxyl groups is 1. The monoisotopic (exact) mass is 330 g/mol. The Morgan fingerprint density at radius 1 is 1.25 bits per heavy atom. The van der Waals surface area contributed by atoms with E-state index in [1.54, 1.807) is 9.80 Å². The second-order valence-corrected chi connectivity index (χ2v) is 7.18. The summed E-state index contributed by atoms with van der Waals surface area (Å²) in [7, 11) is 0. The summed E-state index contributed by atoms with van der Waals surface area (Å²) in [4.78, 5) is 28.6. The fourth-order valence-electron chi connectivity index (χ4n) is 3.54. The van der Waals surface area contributed by atoms with Crippen molar-refractivity contribution in [2.75, 3.05) is 13.1 Å². The number of carbonyl (C=O) groups is 2. The lowest BCUT2D eigenvalue weighted by Crippen LogP contribution is -2.52. The van der Waals surface area contributed by atoms with Gasteiger partial charge in [-0.1, -0.05) is 36.8 Å². The fourth-order valence-corrected chi connectivity index (χ4v) is 3.54. The number of hydrogen-bond donors (Lipinski definition) is 1. The lowest BCUT2D eigenvalue weighted by Gasteiger charge is -2.37. The first kappa shape index (κ1) is 17.0. The van der Waals surface area contributed by atoms with Crippen LogP contribution in [0.1, 0.15) is 37.3 Å². The molecule has 2 saturated heterocycles. The summed E-state index contributed by atoms with van der Waals surface area (Å²) in [5, 5.41) is 10.0. The van der Waals surface area contributed by atoms with Crippen LogP contribution in [0, 0.1) is 12.8 Å². The minimum Gasteiger partial charge on any atom is -0.391 e. The summed E-state index contributed by atoms with van der Waals surface area (Å²) in [5.74, 6) is 0.252. The van der Waals surface area contributed by atoms with Crippen LogP contribution in [0.4, 0.5) is 0 Å². The van der Waals surface area contributed by atoms with Gasteiger partial charge >= 0.3 is 0 Å². The standard InChI is InChI=1S/C19H26N2O3/c1-13-3-5-15(6-4-13)11-21-16(7-8-18(21)23)19(24)20-10-9-14(2)17(22)12-20/h3-6,14,16-17,22H,7-12H2,1-2H3. The third kappa shape index (κ3) is 3.46. The van der Waals surface area contributed by atoms with Crippen molar-refractivity contribution in [3.8, 4) is 0 Å². The summed E-state index contributed by atoms with van der Waals surface area (Å²) >= 11 is 0. The van der Waals surface area contributed by atoms with Crippen molar-refractivity contribution >= 4 is 11.8 Å². The first-order valence-electron chi connectivity index (χ1n) is 8.77. The summed E-state index contributed by atoms with van der Waals surface area (Å²) in [6.07, 6.45) is 1.34. The zero-order chi connectivity index (χ0) is 17.3. The molecule has 2 amide bonds. The van der Waals surface area contributed by atoms with Crippen molar-refractivity contribution in [3.05, 3.63) is 35.4 Å². The molecule has 0 saturated carbocycles. The number of β-amino-alcohol motifs (C(OH)–C–C–N with tert-alkyl or cyclic N) is 1. The summed E-state index contributed by atoms with van der Waals surface area (Å²) in [6, 6.07) is 7.67. The fraction of sp³-hybridized carbons (Fsp3) is 0.579. The number of hydrogen-bond acceptors (Lipinski definition) is 3. The van der Waals surface area contributed by atoms with Gasteiger partial charge in [-0.25, -0.2) is 0 Å². The molecule has 2 aliphatic rings. The first-order chi connectivity index (χ1) is 11.5. The van der Waals surface area contributed by atoms with E-state index in [0.717, 1.165) is 12.0 Å². The second-order valence-electron chi connectivity index (χ2n) is 7.18. The molecule has 24 heavy (non-hydrogen) atoms. The molecule has 1 aromatic carbocycles. The van der Waals surface area contributed by atoms with E-state index in [4.69, 9.17) is 0 Å². The van der Waals surface area contributed by atoms with Crippen LogP contribution in [-0.2, 0) is 16.1 Å². The lowest BCUT2D eigenvalue weighted by atomic mass is 9.95. The van der Waals surface area contributed by atoms with Gasteiger partial charge in [0, 0.05) is 26.1 Å². The lowest BCUT2D eigenvalue weighted by molar-refractivity contribution is -0.144. The molecule has 5 heteroatoms. The van der Waals surface area contributed by atoms with Gasteiger partial charge in [0.05, 0.1) is 6.10 Å². The highest BCUT2D eigenvalue weighted by molar-refractivity contribution is 5.91. The van der Waals surface area contributed by atoms with Crippen LogP contribution < -0.4 is 0 Å². The number of piperidine rings is 1. The molecule has 3 atom stereocenters. The van der Waals surface area contributed by atoms with Crippen molar-refractivity contribution in [2.45, 2.75) is 51.8 Å². The van der Waals surface area contributed by atoms with Gasteiger partial charge in [-0.3, -0.25) is 9.59 Å².